The number of aromatic nitrogens is 3. The molecule has 0 saturated heterocycles. The van der Waals surface area contributed by atoms with Gasteiger partial charge in [-0.2, -0.15) is 4.99 Å². The van der Waals surface area contributed by atoms with Crippen LogP contribution in [0.25, 0.3) is 16.7 Å². The van der Waals surface area contributed by atoms with E-state index in [1.54, 1.807) is 31.3 Å². The minimum Gasteiger partial charge on any atom is -0.467 e. The number of fused-ring (bicyclic) bond motifs is 2. The van der Waals surface area contributed by atoms with Crippen molar-refractivity contribution in [1.82, 2.24) is 14.0 Å². The van der Waals surface area contributed by atoms with Crippen LogP contribution in [-0.2, 0) is 16.1 Å². The Balaban J connectivity index is 2.21. The van der Waals surface area contributed by atoms with Crippen molar-refractivity contribution >= 4 is 28.6 Å². The van der Waals surface area contributed by atoms with Crippen molar-refractivity contribution in [2.45, 2.75) is 27.3 Å². The van der Waals surface area contributed by atoms with Crippen LogP contribution in [-0.4, -0.2) is 32.4 Å². The van der Waals surface area contributed by atoms with Gasteiger partial charge >= 0.3 is 5.97 Å². The molecule has 0 radical (unpaired) electrons. The number of furan rings is 1. The number of carbonyl (C=O) groups is 2. The van der Waals surface area contributed by atoms with Crippen molar-refractivity contribution in [3.05, 3.63) is 75.5 Å². The van der Waals surface area contributed by atoms with Crippen LogP contribution in [0.5, 0.6) is 0 Å². The minimum atomic E-state index is -0.689. The van der Waals surface area contributed by atoms with E-state index in [2.05, 4.69) is 4.99 Å². The average molecular weight is 420 g/mol. The summed E-state index contributed by atoms with van der Waals surface area (Å²) in [7, 11) is 0. The van der Waals surface area contributed by atoms with Gasteiger partial charge in [0.2, 0.25) is 5.91 Å². The standard InChI is InChI=1S/C22H20N4O5/c1-4-30-22(29)17-11-16-19(24-18-13(2)7-5-9-25(18)21(16)28)26(20(17)23-14(3)27)12-15-8-6-10-31-15/h5-11H,4,12H2,1-3H3. The maximum atomic E-state index is 13.3. The van der Waals surface area contributed by atoms with Gasteiger partial charge in [0.05, 0.1) is 24.8 Å². The Hall–Kier alpha value is -4.01. The first-order chi connectivity index (χ1) is 14.9. The first-order valence-corrected chi connectivity index (χ1v) is 9.71. The molecule has 4 aromatic rings. The van der Waals surface area contributed by atoms with Crippen LogP contribution in [0.4, 0.5) is 0 Å². The topological polar surface area (TPSA) is 108 Å². The molecule has 9 nitrogen and oxygen atoms in total. The fraction of sp³-hybridized carbons (Fsp3) is 0.227. The highest BCUT2D eigenvalue weighted by Gasteiger charge is 2.20. The molecule has 31 heavy (non-hydrogen) atoms. The molecule has 1 amide bonds. The number of pyridine rings is 2. The second kappa shape index (κ2) is 8.02. The number of carbonyl (C=O) groups excluding carboxylic acids is 2. The van der Waals surface area contributed by atoms with Crippen molar-refractivity contribution in [3.63, 3.8) is 0 Å². The Kier molecular flexibility index (Phi) is 5.24. The summed E-state index contributed by atoms with van der Waals surface area (Å²) >= 11 is 0. The maximum Gasteiger partial charge on any atom is 0.341 e. The second-order valence-corrected chi connectivity index (χ2v) is 6.94. The van der Waals surface area contributed by atoms with Crippen molar-refractivity contribution < 1.29 is 18.7 Å². The summed E-state index contributed by atoms with van der Waals surface area (Å²) in [6.07, 6.45) is 3.13. The van der Waals surface area contributed by atoms with Crippen LogP contribution in [0, 0.1) is 6.92 Å². The first-order valence-electron chi connectivity index (χ1n) is 9.71. The van der Waals surface area contributed by atoms with E-state index >= 15 is 0 Å². The van der Waals surface area contributed by atoms with Gasteiger partial charge in [0.15, 0.2) is 5.49 Å². The lowest BCUT2D eigenvalue weighted by Gasteiger charge is -2.14. The molecule has 0 saturated carbocycles. The summed E-state index contributed by atoms with van der Waals surface area (Å²) in [6.45, 7) is 5.03. The van der Waals surface area contributed by atoms with Gasteiger partial charge in [-0.15, -0.1) is 0 Å². The molecule has 0 fully saturated rings. The lowest BCUT2D eigenvalue weighted by atomic mass is 10.2. The third-order valence-corrected chi connectivity index (χ3v) is 4.76. The normalized spacial score (nSPS) is 11.9. The Bertz CT molecular complexity index is 1450. The highest BCUT2D eigenvalue weighted by Crippen LogP contribution is 2.15. The maximum absolute atomic E-state index is 13.3. The van der Waals surface area contributed by atoms with Gasteiger partial charge in [-0.1, -0.05) is 6.07 Å². The molecule has 4 rings (SSSR count). The number of ether oxygens (including phenoxy) is 1. The van der Waals surface area contributed by atoms with Crippen LogP contribution >= 0.6 is 0 Å². The number of amides is 1. The van der Waals surface area contributed by atoms with Crippen LogP contribution in [0.1, 0.15) is 35.5 Å². The van der Waals surface area contributed by atoms with Gasteiger partial charge in [0.1, 0.15) is 22.6 Å². The molecule has 4 heterocycles. The zero-order chi connectivity index (χ0) is 22.1. The van der Waals surface area contributed by atoms with Crippen molar-refractivity contribution in [2.24, 2.45) is 4.99 Å². The average Bonchev–Trinajstić information content (AvgIpc) is 3.24. The predicted molar refractivity (Wildman–Crippen MR) is 112 cm³/mol. The van der Waals surface area contributed by atoms with Crippen LogP contribution in [0.15, 0.2) is 57.0 Å². The first kappa shape index (κ1) is 20.3. The summed E-state index contributed by atoms with van der Waals surface area (Å²) < 4.78 is 13.6. The summed E-state index contributed by atoms with van der Waals surface area (Å²) in [4.78, 5) is 46.7. The van der Waals surface area contributed by atoms with Crippen LogP contribution < -0.4 is 11.0 Å². The Morgan fingerprint density at radius 2 is 2.03 bits per heavy atom. The zero-order valence-electron chi connectivity index (χ0n) is 17.3. The van der Waals surface area contributed by atoms with E-state index < -0.39 is 11.9 Å². The second-order valence-electron chi connectivity index (χ2n) is 6.94. The van der Waals surface area contributed by atoms with E-state index in [0.29, 0.717) is 11.4 Å². The molecular formula is C22H20N4O5. The number of hydrogen-bond acceptors (Lipinski definition) is 6. The molecule has 0 unspecified atom stereocenters. The SMILES string of the molecule is CCOC(=O)c1cc2c(=O)n3cccc(C)c3nc2n(Cc2ccco2)c1=NC(C)=O. The van der Waals surface area contributed by atoms with Crippen molar-refractivity contribution in [1.29, 1.82) is 0 Å². The third kappa shape index (κ3) is 3.65. The predicted octanol–water partition coefficient (Wildman–Crippen LogP) is 2.22. The molecular weight excluding hydrogens is 400 g/mol. The number of nitrogens with zero attached hydrogens (tertiary/aromatic N) is 4. The van der Waals surface area contributed by atoms with Crippen LogP contribution in [0.2, 0.25) is 0 Å². The van der Waals surface area contributed by atoms with Gasteiger partial charge < -0.3 is 13.7 Å². The molecule has 9 heteroatoms. The third-order valence-electron chi connectivity index (χ3n) is 4.76. The Morgan fingerprint density at radius 3 is 2.71 bits per heavy atom. The van der Waals surface area contributed by atoms with E-state index in [1.165, 1.54) is 28.2 Å². The number of rotatable bonds is 4. The minimum absolute atomic E-state index is 0.00242. The zero-order valence-corrected chi connectivity index (χ0v) is 17.3. The van der Waals surface area contributed by atoms with E-state index in [-0.39, 0.29) is 40.8 Å². The highest BCUT2D eigenvalue weighted by atomic mass is 16.5. The van der Waals surface area contributed by atoms with Gasteiger partial charge in [0.25, 0.3) is 5.56 Å². The van der Waals surface area contributed by atoms with E-state index in [1.807, 2.05) is 13.0 Å². The highest BCUT2D eigenvalue weighted by molar-refractivity contribution is 5.93. The molecule has 4 aromatic heterocycles. The smallest absolute Gasteiger partial charge is 0.341 e. The van der Waals surface area contributed by atoms with E-state index in [9.17, 15) is 14.4 Å². The number of aryl methyl sites for hydroxylation is 1. The molecule has 0 aromatic carbocycles. The van der Waals surface area contributed by atoms with Gasteiger partial charge in [0, 0.05) is 13.1 Å². The van der Waals surface area contributed by atoms with Gasteiger partial charge in [-0.25, -0.2) is 9.78 Å². The molecule has 0 spiro atoms. The summed E-state index contributed by atoms with van der Waals surface area (Å²) in [5.41, 5.74) is 1.25. The van der Waals surface area contributed by atoms with E-state index in [0.717, 1.165) is 5.56 Å². The van der Waals surface area contributed by atoms with E-state index in [4.69, 9.17) is 14.1 Å². The Labute approximate surface area is 176 Å². The quantitative estimate of drug-likeness (QED) is 0.370. The summed E-state index contributed by atoms with van der Waals surface area (Å²) in [5.74, 6) is -0.655. The molecule has 0 aliphatic carbocycles. The summed E-state index contributed by atoms with van der Waals surface area (Å²) in [5, 5.41) is 0.195. The molecule has 0 bridgehead atoms. The number of hydrogen-bond donors (Lipinski definition) is 0. The van der Waals surface area contributed by atoms with Gasteiger partial charge in [-0.3, -0.25) is 14.0 Å². The van der Waals surface area contributed by atoms with Crippen LogP contribution in [0.3, 0.4) is 0 Å². The monoisotopic (exact) mass is 420 g/mol. The molecule has 0 aliphatic rings. The fourth-order valence-corrected chi connectivity index (χ4v) is 3.42. The molecule has 158 valence electrons. The van der Waals surface area contributed by atoms with Gasteiger partial charge in [-0.05, 0) is 43.7 Å². The van der Waals surface area contributed by atoms with Crippen molar-refractivity contribution in [3.8, 4) is 0 Å². The fourth-order valence-electron chi connectivity index (χ4n) is 3.42. The van der Waals surface area contributed by atoms with Crippen molar-refractivity contribution in [2.75, 3.05) is 6.61 Å². The molecule has 0 N–H and O–H groups in total. The number of esters is 1. The largest absolute Gasteiger partial charge is 0.467 e. The lowest BCUT2D eigenvalue weighted by molar-refractivity contribution is -0.116. The Morgan fingerprint density at radius 1 is 1.23 bits per heavy atom. The lowest BCUT2D eigenvalue weighted by Crippen LogP contribution is -2.33. The molecule has 0 aliphatic heterocycles. The molecule has 0 atom stereocenters. The summed E-state index contributed by atoms with van der Waals surface area (Å²) in [6, 6.07) is 8.44.